The summed E-state index contributed by atoms with van der Waals surface area (Å²) in [6, 6.07) is 17.9. The van der Waals surface area contributed by atoms with Crippen molar-refractivity contribution in [2.75, 3.05) is 40.2 Å². The summed E-state index contributed by atoms with van der Waals surface area (Å²) in [5.74, 6) is 2.59. The third-order valence-corrected chi connectivity index (χ3v) is 10.5. The zero-order valence-corrected chi connectivity index (χ0v) is 28.5. The van der Waals surface area contributed by atoms with Crippen LogP contribution in [0.3, 0.4) is 0 Å². The topological polar surface area (TPSA) is 151 Å². The van der Waals surface area contributed by atoms with Gasteiger partial charge in [-0.3, -0.25) is 0 Å². The molecule has 2 fully saturated rings. The maximum absolute atomic E-state index is 13.9. The van der Waals surface area contributed by atoms with E-state index in [1.807, 2.05) is 26.0 Å². The van der Waals surface area contributed by atoms with Crippen molar-refractivity contribution in [3.8, 4) is 28.7 Å². The van der Waals surface area contributed by atoms with Gasteiger partial charge in [-0.2, -0.15) is 4.31 Å². The van der Waals surface area contributed by atoms with E-state index in [1.165, 1.54) is 16.4 Å². The largest absolute Gasteiger partial charge is 0.497 e. The second-order valence-electron chi connectivity index (χ2n) is 12.6. The fraction of sp³-hybridized carbons (Fsp3) is 0.457. The number of alkyl carbamates (subject to hydrolysis) is 1. The molecular formula is C35H42N2O11S. The molecule has 0 radical (unpaired) electrons. The molecule has 2 saturated heterocycles. The maximum atomic E-state index is 13.9. The van der Waals surface area contributed by atoms with Gasteiger partial charge >= 0.3 is 6.09 Å². The number of carbonyl (C=O) groups excluding carboxylic acids is 1. The van der Waals surface area contributed by atoms with Crippen molar-refractivity contribution in [1.29, 1.82) is 0 Å². The number of nitrogens with zero attached hydrogens (tertiary/aromatic N) is 1. The van der Waals surface area contributed by atoms with Crippen LogP contribution < -0.4 is 24.3 Å². The van der Waals surface area contributed by atoms with Crippen LogP contribution in [-0.4, -0.2) is 88.7 Å². The molecule has 14 heteroatoms. The van der Waals surface area contributed by atoms with Crippen molar-refractivity contribution < 1.29 is 51.5 Å². The predicted molar refractivity (Wildman–Crippen MR) is 176 cm³/mol. The standard InChI is InChI=1S/C35H42N2O11S/c1-22(2)18-37(49(40,41)27-12-13-31-32(17-27)46-21-45-31)19-30(38)29(36-35(39)48-33-20-44-34-28(33)14-15-43-34)16-23-4-6-25(7-5-23)47-26-10-8-24(42-3)9-11-26/h4-13,17,22,28-30,33-34,38H,14-16,18-21H2,1-3H3,(H,36,39)/t28-,29-,30+,33-,34+/m0/s1. The number of hydrogen-bond acceptors (Lipinski definition) is 11. The minimum atomic E-state index is -4.08. The second kappa shape index (κ2) is 15.2. The molecule has 0 aromatic heterocycles. The van der Waals surface area contributed by atoms with Crippen molar-refractivity contribution in [1.82, 2.24) is 9.62 Å². The third kappa shape index (κ3) is 8.39. The Bertz CT molecular complexity index is 1680. The van der Waals surface area contributed by atoms with Crippen LogP contribution in [0.15, 0.2) is 71.6 Å². The Labute approximate surface area is 286 Å². The lowest BCUT2D eigenvalue weighted by atomic mass is 10.0. The van der Waals surface area contributed by atoms with Crippen LogP contribution in [0.1, 0.15) is 25.8 Å². The number of sulfonamides is 1. The van der Waals surface area contributed by atoms with E-state index in [0.717, 1.165) is 5.56 Å². The number of methoxy groups -OCH3 is 1. The minimum Gasteiger partial charge on any atom is -0.497 e. The number of fused-ring (bicyclic) bond motifs is 2. The van der Waals surface area contributed by atoms with Crippen molar-refractivity contribution in [3.05, 3.63) is 72.3 Å². The number of benzene rings is 3. The van der Waals surface area contributed by atoms with Crippen molar-refractivity contribution in [3.63, 3.8) is 0 Å². The van der Waals surface area contributed by atoms with Gasteiger partial charge in [0.05, 0.1) is 43.3 Å². The van der Waals surface area contributed by atoms with Crippen LogP contribution in [0, 0.1) is 11.8 Å². The van der Waals surface area contributed by atoms with E-state index in [0.29, 0.717) is 41.8 Å². The fourth-order valence-electron chi connectivity index (χ4n) is 6.08. The highest BCUT2D eigenvalue weighted by molar-refractivity contribution is 7.89. The highest BCUT2D eigenvalue weighted by Gasteiger charge is 2.44. The smallest absolute Gasteiger partial charge is 0.407 e. The first-order valence-corrected chi connectivity index (χ1v) is 17.7. The molecule has 3 aliphatic rings. The molecular weight excluding hydrogens is 656 g/mol. The molecule has 0 bridgehead atoms. The Hall–Kier alpha value is -4.08. The number of aliphatic hydroxyl groups is 1. The zero-order chi connectivity index (χ0) is 34.5. The second-order valence-corrected chi connectivity index (χ2v) is 14.6. The van der Waals surface area contributed by atoms with E-state index in [4.69, 9.17) is 33.2 Å². The van der Waals surface area contributed by atoms with Gasteiger partial charge in [-0.1, -0.05) is 26.0 Å². The summed E-state index contributed by atoms with van der Waals surface area (Å²) >= 11 is 0. The highest BCUT2D eigenvalue weighted by Crippen LogP contribution is 2.35. The number of ether oxygens (including phenoxy) is 7. The van der Waals surface area contributed by atoms with Gasteiger partial charge in [0.2, 0.25) is 16.8 Å². The van der Waals surface area contributed by atoms with E-state index in [2.05, 4.69) is 5.32 Å². The van der Waals surface area contributed by atoms with E-state index in [-0.39, 0.29) is 49.6 Å². The minimum absolute atomic E-state index is 0.00665. The Morgan fingerprint density at radius 2 is 1.65 bits per heavy atom. The summed E-state index contributed by atoms with van der Waals surface area (Å²) < 4.78 is 67.9. The van der Waals surface area contributed by atoms with Gasteiger partial charge in [-0.25, -0.2) is 13.2 Å². The van der Waals surface area contributed by atoms with E-state index in [1.54, 1.807) is 49.6 Å². The number of carbonyl (C=O) groups is 1. The lowest BCUT2D eigenvalue weighted by Crippen LogP contribution is -2.51. The first-order chi connectivity index (χ1) is 23.6. The molecule has 1 amide bonds. The molecule has 2 N–H and O–H groups in total. The first kappa shape index (κ1) is 34.8. The molecule has 49 heavy (non-hydrogen) atoms. The number of hydrogen-bond donors (Lipinski definition) is 2. The molecule has 0 spiro atoms. The van der Waals surface area contributed by atoms with E-state index >= 15 is 0 Å². The molecule has 13 nitrogen and oxygen atoms in total. The van der Waals surface area contributed by atoms with Gasteiger partial charge in [0, 0.05) is 19.2 Å². The number of aliphatic hydroxyl groups excluding tert-OH is 1. The summed E-state index contributed by atoms with van der Waals surface area (Å²) in [7, 11) is -2.48. The average molecular weight is 699 g/mol. The molecule has 3 aromatic rings. The van der Waals surface area contributed by atoms with Gasteiger partial charge in [-0.15, -0.1) is 0 Å². The molecule has 3 heterocycles. The first-order valence-electron chi connectivity index (χ1n) is 16.3. The Kier molecular flexibility index (Phi) is 10.8. The molecule has 0 saturated carbocycles. The normalized spacial score (nSPS) is 21.0. The van der Waals surface area contributed by atoms with Crippen molar-refractivity contribution in [2.24, 2.45) is 11.8 Å². The quantitative estimate of drug-likeness (QED) is 0.248. The number of nitrogens with one attached hydrogen (secondary N) is 1. The van der Waals surface area contributed by atoms with Crippen LogP contribution in [0.2, 0.25) is 0 Å². The summed E-state index contributed by atoms with van der Waals surface area (Å²) in [4.78, 5) is 13.3. The van der Waals surface area contributed by atoms with Crippen LogP contribution in [0.4, 0.5) is 4.79 Å². The summed E-state index contributed by atoms with van der Waals surface area (Å²) in [6.07, 6.45) is -2.06. The summed E-state index contributed by atoms with van der Waals surface area (Å²) in [5, 5.41) is 14.5. The SMILES string of the molecule is COc1ccc(Oc2ccc(C[C@H](NC(=O)O[C@H]3CO[C@H]4OCC[C@H]43)[C@H](O)CN(CC(C)C)S(=O)(=O)c3ccc4c(c3)OCO4)cc2)cc1. The van der Waals surface area contributed by atoms with Gasteiger partial charge in [0.25, 0.3) is 0 Å². The van der Waals surface area contributed by atoms with Gasteiger partial charge in [0.1, 0.15) is 23.4 Å². The molecule has 6 rings (SSSR count). The maximum Gasteiger partial charge on any atom is 0.407 e. The Balaban J connectivity index is 1.19. The zero-order valence-electron chi connectivity index (χ0n) is 27.6. The van der Waals surface area contributed by atoms with Gasteiger partial charge in [-0.05, 0) is 72.9 Å². The third-order valence-electron chi connectivity index (χ3n) is 8.63. The van der Waals surface area contributed by atoms with Crippen molar-refractivity contribution >= 4 is 16.1 Å². The van der Waals surface area contributed by atoms with Crippen LogP contribution in [0.25, 0.3) is 0 Å². The molecule has 0 unspecified atom stereocenters. The monoisotopic (exact) mass is 698 g/mol. The van der Waals surface area contributed by atoms with Crippen LogP contribution in [0.5, 0.6) is 28.7 Å². The van der Waals surface area contributed by atoms with E-state index < -0.39 is 40.7 Å². The number of rotatable bonds is 14. The van der Waals surface area contributed by atoms with Crippen LogP contribution >= 0.6 is 0 Å². The lowest BCUT2D eigenvalue weighted by molar-refractivity contribution is -0.0907. The predicted octanol–water partition coefficient (Wildman–Crippen LogP) is 4.32. The lowest BCUT2D eigenvalue weighted by Gasteiger charge is -2.31. The number of amides is 1. The molecule has 264 valence electrons. The van der Waals surface area contributed by atoms with E-state index in [9.17, 15) is 18.3 Å². The summed E-state index contributed by atoms with van der Waals surface area (Å²) in [5.41, 5.74) is 0.772. The van der Waals surface area contributed by atoms with Crippen LogP contribution in [-0.2, 0) is 30.7 Å². The molecule has 5 atom stereocenters. The highest BCUT2D eigenvalue weighted by atomic mass is 32.2. The molecule has 3 aromatic carbocycles. The average Bonchev–Trinajstić information content (AvgIpc) is 3.84. The van der Waals surface area contributed by atoms with Gasteiger partial charge < -0.3 is 43.6 Å². The molecule has 3 aliphatic heterocycles. The molecule has 0 aliphatic carbocycles. The fourth-order valence-corrected chi connectivity index (χ4v) is 7.72. The Morgan fingerprint density at radius 1 is 0.959 bits per heavy atom. The Morgan fingerprint density at radius 3 is 2.37 bits per heavy atom. The van der Waals surface area contributed by atoms with Crippen molar-refractivity contribution in [2.45, 2.75) is 56.1 Å². The summed E-state index contributed by atoms with van der Waals surface area (Å²) in [6.45, 7) is 4.37. The van der Waals surface area contributed by atoms with Gasteiger partial charge in [0.15, 0.2) is 17.8 Å².